The average Bonchev–Trinajstić information content (AvgIpc) is 3.42. The van der Waals surface area contributed by atoms with Gasteiger partial charge >= 0.3 is 17.6 Å². The van der Waals surface area contributed by atoms with E-state index in [-0.39, 0.29) is 0 Å². The van der Waals surface area contributed by atoms with Crippen molar-refractivity contribution in [1.82, 2.24) is 29.5 Å². The summed E-state index contributed by atoms with van der Waals surface area (Å²) in [7, 11) is -5.43. The summed E-state index contributed by atoms with van der Waals surface area (Å²) in [5, 5.41) is 9.20. The molecule has 0 saturated carbocycles. The van der Waals surface area contributed by atoms with Gasteiger partial charge in [-0.25, -0.2) is 14.3 Å². The monoisotopic (exact) mass is 573 g/mol. The van der Waals surface area contributed by atoms with E-state index in [1.54, 1.807) is 4.68 Å². The molecule has 2 rings (SSSR count). The van der Waals surface area contributed by atoms with Crippen LogP contribution in [0.2, 0.25) is 12.1 Å². The summed E-state index contributed by atoms with van der Waals surface area (Å²) in [6.45, 7) is 18.1. The van der Waals surface area contributed by atoms with Crippen LogP contribution in [0.25, 0.3) is 11.6 Å². The van der Waals surface area contributed by atoms with Crippen molar-refractivity contribution in [2.24, 2.45) is 0 Å². The second-order valence-corrected chi connectivity index (χ2v) is 13.9. The van der Waals surface area contributed by atoms with Gasteiger partial charge in [-0.2, -0.15) is 4.98 Å². The van der Waals surface area contributed by atoms with Gasteiger partial charge in [0.25, 0.3) is 0 Å². The quantitative estimate of drug-likeness (QED) is 0.220. The highest BCUT2D eigenvalue weighted by Gasteiger charge is 2.40. The first kappa shape index (κ1) is 32.5. The largest absolute Gasteiger partial charge is 0.500 e. The molecule has 13 nitrogen and oxygen atoms in total. The van der Waals surface area contributed by atoms with Crippen LogP contribution in [0.15, 0.2) is 0 Å². The number of nitrogens with zero attached hydrogens (tertiary/aromatic N) is 6. The van der Waals surface area contributed by atoms with Gasteiger partial charge in [0.05, 0.1) is 0 Å². The van der Waals surface area contributed by atoms with Gasteiger partial charge in [-0.1, -0.05) is 0 Å². The second kappa shape index (κ2) is 16.4. The number of aryl methyl sites for hydroxylation is 3. The standard InChI is InChI=1S/C23H47N7O6Si2/c1-8-31-37(32-9-2,33-10-3)18-14-16-29-20(7)25-21(27-29)22-26-23(24)30(28-22)17-15-19-38(34-11-4,35-12-5)36-13-6/h8-19H2,1-7H3,(H2,24,26,28). The van der Waals surface area contributed by atoms with Crippen LogP contribution in [0.4, 0.5) is 5.95 Å². The summed E-state index contributed by atoms with van der Waals surface area (Å²) in [6, 6.07) is 1.37. The summed E-state index contributed by atoms with van der Waals surface area (Å²) >= 11 is 0. The van der Waals surface area contributed by atoms with E-state index >= 15 is 0 Å². The third kappa shape index (κ3) is 9.19. The minimum atomic E-state index is -2.73. The maximum absolute atomic E-state index is 6.17. The van der Waals surface area contributed by atoms with E-state index in [1.165, 1.54) is 0 Å². The predicted molar refractivity (Wildman–Crippen MR) is 148 cm³/mol. The highest BCUT2D eigenvalue weighted by molar-refractivity contribution is 6.61. The number of aromatic nitrogens is 6. The molecule has 2 aromatic heterocycles. The molecular weight excluding hydrogens is 526 g/mol. The van der Waals surface area contributed by atoms with Crippen LogP contribution in [0, 0.1) is 6.92 Å². The smallest absolute Gasteiger partial charge is 0.374 e. The van der Waals surface area contributed by atoms with E-state index < -0.39 is 17.6 Å². The molecule has 2 heterocycles. The Morgan fingerprint density at radius 1 is 0.605 bits per heavy atom. The van der Waals surface area contributed by atoms with E-state index in [1.807, 2.05) is 53.1 Å². The normalized spacial score (nSPS) is 12.5. The van der Waals surface area contributed by atoms with Gasteiger partial charge in [0.2, 0.25) is 17.6 Å². The van der Waals surface area contributed by atoms with Crippen LogP contribution in [0.3, 0.4) is 0 Å². The first-order valence-corrected chi connectivity index (χ1v) is 17.6. The Morgan fingerprint density at radius 3 is 1.39 bits per heavy atom. The molecule has 2 N–H and O–H groups in total. The van der Waals surface area contributed by atoms with Crippen molar-refractivity contribution in [2.45, 2.75) is 86.5 Å². The van der Waals surface area contributed by atoms with Crippen molar-refractivity contribution in [1.29, 1.82) is 0 Å². The van der Waals surface area contributed by atoms with Gasteiger partial charge < -0.3 is 32.3 Å². The molecule has 0 aliphatic carbocycles. The molecule has 0 unspecified atom stereocenters. The predicted octanol–water partition coefficient (Wildman–Crippen LogP) is 3.30. The highest BCUT2D eigenvalue weighted by atomic mass is 28.4. The van der Waals surface area contributed by atoms with Crippen molar-refractivity contribution in [3.63, 3.8) is 0 Å². The van der Waals surface area contributed by atoms with Crippen LogP contribution in [-0.2, 0) is 39.6 Å². The summed E-state index contributed by atoms with van der Waals surface area (Å²) in [4.78, 5) is 8.98. The SMILES string of the molecule is CCO[Si](CCCn1nc(-c2nc(N)n(CCC[Si](OCC)(OCC)OCC)n2)nc1C)(OCC)OCC. The lowest BCUT2D eigenvalue weighted by molar-refractivity contribution is 0.0696. The first-order chi connectivity index (χ1) is 18.3. The highest BCUT2D eigenvalue weighted by Crippen LogP contribution is 2.21. The molecule has 0 saturated heterocycles. The molecule has 0 spiro atoms. The van der Waals surface area contributed by atoms with Crippen LogP contribution in [-0.4, -0.2) is 86.8 Å². The Kier molecular flexibility index (Phi) is 14.0. The van der Waals surface area contributed by atoms with Crippen molar-refractivity contribution < 1.29 is 26.6 Å². The third-order valence-electron chi connectivity index (χ3n) is 5.65. The second-order valence-electron chi connectivity index (χ2n) is 8.39. The molecule has 15 heteroatoms. The van der Waals surface area contributed by atoms with E-state index in [9.17, 15) is 0 Å². The van der Waals surface area contributed by atoms with E-state index in [4.69, 9.17) is 32.3 Å². The van der Waals surface area contributed by atoms with Crippen LogP contribution >= 0.6 is 0 Å². The van der Waals surface area contributed by atoms with Gasteiger partial charge in [-0.15, -0.1) is 10.2 Å². The summed E-state index contributed by atoms with van der Waals surface area (Å²) in [5.74, 6) is 1.92. The first-order valence-electron chi connectivity index (χ1n) is 13.8. The summed E-state index contributed by atoms with van der Waals surface area (Å²) in [5.41, 5.74) is 6.17. The fraction of sp³-hybridized carbons (Fsp3) is 0.826. The Morgan fingerprint density at radius 2 is 0.974 bits per heavy atom. The molecule has 0 amide bonds. The lowest BCUT2D eigenvalue weighted by atomic mass is 10.5. The van der Waals surface area contributed by atoms with Crippen molar-refractivity contribution in [3.8, 4) is 11.6 Å². The number of hydrogen-bond acceptors (Lipinski definition) is 11. The van der Waals surface area contributed by atoms with Crippen LogP contribution in [0.5, 0.6) is 0 Å². The van der Waals surface area contributed by atoms with E-state index in [0.29, 0.717) is 82.4 Å². The maximum atomic E-state index is 6.17. The maximum Gasteiger partial charge on any atom is 0.500 e. The number of anilines is 1. The Bertz CT molecular complexity index is 837. The van der Waals surface area contributed by atoms with Gasteiger partial charge in [0.1, 0.15) is 5.82 Å². The van der Waals surface area contributed by atoms with E-state index in [0.717, 1.165) is 18.7 Å². The fourth-order valence-corrected chi connectivity index (χ4v) is 9.42. The van der Waals surface area contributed by atoms with Crippen LogP contribution in [0.1, 0.15) is 60.2 Å². The average molecular weight is 574 g/mol. The number of hydrogen-bond donors (Lipinski definition) is 1. The number of nitrogens with two attached hydrogens (primary N) is 1. The Balaban J connectivity index is 2.04. The molecule has 0 aliphatic heterocycles. The molecule has 0 aromatic carbocycles. The molecule has 0 atom stereocenters. The van der Waals surface area contributed by atoms with Gasteiger partial charge in [-0.05, 0) is 61.3 Å². The molecule has 0 aliphatic rings. The molecule has 218 valence electrons. The minimum absolute atomic E-state index is 0.312. The summed E-state index contributed by atoms with van der Waals surface area (Å²) in [6.07, 6.45) is 1.51. The zero-order valence-electron chi connectivity index (χ0n) is 24.2. The topological polar surface area (TPSA) is 143 Å². The molecular formula is C23H47N7O6Si2. The van der Waals surface area contributed by atoms with Gasteiger partial charge in [0.15, 0.2) is 0 Å². The number of rotatable bonds is 21. The van der Waals surface area contributed by atoms with E-state index in [2.05, 4.69) is 20.2 Å². The van der Waals surface area contributed by atoms with Crippen molar-refractivity contribution in [2.75, 3.05) is 45.4 Å². The lowest BCUT2D eigenvalue weighted by Gasteiger charge is -2.28. The van der Waals surface area contributed by atoms with Crippen molar-refractivity contribution in [3.05, 3.63) is 5.82 Å². The minimum Gasteiger partial charge on any atom is -0.374 e. The van der Waals surface area contributed by atoms with Crippen molar-refractivity contribution >= 4 is 23.6 Å². The number of nitrogen functional groups attached to an aromatic ring is 1. The molecule has 0 fully saturated rings. The Labute approximate surface area is 229 Å². The van der Waals surface area contributed by atoms with Gasteiger partial charge in [0, 0.05) is 64.8 Å². The fourth-order valence-electron chi connectivity index (χ4n) is 4.23. The lowest BCUT2D eigenvalue weighted by Crippen LogP contribution is -2.46. The Hall–Kier alpha value is -1.73. The molecule has 0 bridgehead atoms. The molecule has 2 aromatic rings. The molecule has 38 heavy (non-hydrogen) atoms. The molecule has 0 radical (unpaired) electrons. The summed E-state index contributed by atoms with van der Waals surface area (Å²) < 4.78 is 39.2. The zero-order valence-corrected chi connectivity index (χ0v) is 26.2. The zero-order chi connectivity index (χ0) is 28.0. The third-order valence-corrected chi connectivity index (χ3v) is 12.0. The van der Waals surface area contributed by atoms with Crippen LogP contribution < -0.4 is 5.73 Å². The van der Waals surface area contributed by atoms with Gasteiger partial charge in [-0.3, -0.25) is 0 Å².